The first-order valence-corrected chi connectivity index (χ1v) is 12.4. The number of methoxy groups -OCH3 is 1. The zero-order valence-electron chi connectivity index (χ0n) is 18.4. The fraction of sp³-hybridized carbons (Fsp3) is 0.308. The highest BCUT2D eigenvalue weighted by molar-refractivity contribution is 7.10. The molecule has 1 atom stereocenters. The van der Waals surface area contributed by atoms with Crippen molar-refractivity contribution in [1.82, 2.24) is 9.80 Å². The van der Waals surface area contributed by atoms with Gasteiger partial charge in [0, 0.05) is 22.5 Å². The lowest BCUT2D eigenvalue weighted by molar-refractivity contribution is -0.134. The van der Waals surface area contributed by atoms with Gasteiger partial charge in [-0.05, 0) is 66.1 Å². The normalized spacial score (nSPS) is 17.4. The second-order valence-electron chi connectivity index (χ2n) is 8.45. The van der Waals surface area contributed by atoms with Gasteiger partial charge in [0.05, 0.1) is 18.7 Å². The van der Waals surface area contributed by atoms with Gasteiger partial charge < -0.3 is 14.5 Å². The minimum atomic E-state index is -0.174. The lowest BCUT2D eigenvalue weighted by atomic mass is 9.93. The molecule has 7 heteroatoms. The Bertz CT molecular complexity index is 1170. The standard InChI is InChI=1S/C26H25ClN2O3S/c1-32-22-5-3-2-4-20(22)26(31)29(19-10-11-19)16-24(30)28-14-12-23-21(13-15-33-23)25(28)17-6-8-18(27)9-7-17/h2-9,13,15,19,25H,10-12,14,16H2,1H3. The van der Waals surface area contributed by atoms with Crippen LogP contribution in [0.5, 0.6) is 5.75 Å². The molecule has 1 unspecified atom stereocenters. The molecule has 0 bridgehead atoms. The zero-order valence-corrected chi connectivity index (χ0v) is 19.9. The van der Waals surface area contributed by atoms with Gasteiger partial charge in [-0.3, -0.25) is 9.59 Å². The van der Waals surface area contributed by atoms with Gasteiger partial charge in [0.2, 0.25) is 5.91 Å². The Balaban J connectivity index is 1.43. The van der Waals surface area contributed by atoms with E-state index in [1.165, 1.54) is 4.88 Å². The number of benzene rings is 2. The smallest absolute Gasteiger partial charge is 0.258 e. The van der Waals surface area contributed by atoms with Gasteiger partial charge in [0.25, 0.3) is 5.91 Å². The van der Waals surface area contributed by atoms with E-state index in [-0.39, 0.29) is 30.4 Å². The first kappa shape index (κ1) is 22.0. The number of amides is 2. The third-order valence-corrected chi connectivity index (χ3v) is 7.61. The van der Waals surface area contributed by atoms with Crippen LogP contribution in [-0.2, 0) is 11.2 Å². The number of rotatable bonds is 6. The van der Waals surface area contributed by atoms with E-state index in [2.05, 4.69) is 11.4 Å². The number of fused-ring (bicyclic) bond motifs is 1. The van der Waals surface area contributed by atoms with Crippen molar-refractivity contribution >= 4 is 34.8 Å². The molecule has 1 aliphatic heterocycles. The molecule has 5 nitrogen and oxygen atoms in total. The largest absolute Gasteiger partial charge is 0.496 e. The molecule has 1 aliphatic carbocycles. The number of carbonyl (C=O) groups is 2. The molecule has 1 aromatic heterocycles. The fourth-order valence-electron chi connectivity index (χ4n) is 4.56. The number of halogens is 1. The summed E-state index contributed by atoms with van der Waals surface area (Å²) in [6, 6.07) is 16.9. The van der Waals surface area contributed by atoms with Crippen LogP contribution in [0.1, 0.15) is 45.2 Å². The second kappa shape index (κ2) is 9.20. The highest BCUT2D eigenvalue weighted by Gasteiger charge is 2.39. The SMILES string of the molecule is COc1ccccc1C(=O)N(CC(=O)N1CCc2sccc2C1c1ccc(Cl)cc1)C1CC1. The quantitative estimate of drug-likeness (QED) is 0.488. The van der Waals surface area contributed by atoms with Crippen molar-refractivity contribution in [2.24, 2.45) is 0 Å². The van der Waals surface area contributed by atoms with Gasteiger partial charge in [0.15, 0.2) is 0 Å². The summed E-state index contributed by atoms with van der Waals surface area (Å²) in [5.41, 5.74) is 2.68. The second-order valence-corrected chi connectivity index (χ2v) is 9.89. The predicted molar refractivity (Wildman–Crippen MR) is 130 cm³/mol. The Labute approximate surface area is 202 Å². The summed E-state index contributed by atoms with van der Waals surface area (Å²) in [6.45, 7) is 0.687. The highest BCUT2D eigenvalue weighted by Crippen LogP contribution is 2.39. The topological polar surface area (TPSA) is 49.9 Å². The van der Waals surface area contributed by atoms with Crippen LogP contribution in [0.2, 0.25) is 5.02 Å². The number of ether oxygens (including phenoxy) is 1. The molecule has 2 amide bonds. The zero-order chi connectivity index (χ0) is 22.9. The van der Waals surface area contributed by atoms with Crippen LogP contribution in [0.3, 0.4) is 0 Å². The van der Waals surface area contributed by atoms with Crippen molar-refractivity contribution < 1.29 is 14.3 Å². The van der Waals surface area contributed by atoms with Crippen molar-refractivity contribution in [3.8, 4) is 5.75 Å². The van der Waals surface area contributed by atoms with E-state index in [1.54, 1.807) is 35.5 Å². The van der Waals surface area contributed by atoms with Crippen molar-refractivity contribution in [3.63, 3.8) is 0 Å². The molecule has 170 valence electrons. The van der Waals surface area contributed by atoms with E-state index in [9.17, 15) is 9.59 Å². The molecule has 0 spiro atoms. The van der Waals surface area contributed by atoms with Crippen LogP contribution in [0.4, 0.5) is 0 Å². The molecule has 0 radical (unpaired) electrons. The van der Waals surface area contributed by atoms with E-state index in [4.69, 9.17) is 16.3 Å². The van der Waals surface area contributed by atoms with Crippen molar-refractivity contribution in [1.29, 1.82) is 0 Å². The molecule has 33 heavy (non-hydrogen) atoms. The predicted octanol–water partition coefficient (Wildman–Crippen LogP) is 5.19. The number of nitrogens with zero attached hydrogens (tertiary/aromatic N) is 2. The van der Waals surface area contributed by atoms with Crippen LogP contribution in [0, 0.1) is 0 Å². The average Bonchev–Trinajstić information content (AvgIpc) is 3.57. The summed E-state index contributed by atoms with van der Waals surface area (Å²) in [6.07, 6.45) is 2.67. The lowest BCUT2D eigenvalue weighted by Gasteiger charge is -2.37. The van der Waals surface area contributed by atoms with Crippen molar-refractivity contribution in [3.05, 3.63) is 86.6 Å². The molecule has 5 rings (SSSR count). The third kappa shape index (κ3) is 4.37. The van der Waals surface area contributed by atoms with Crippen LogP contribution in [0.25, 0.3) is 0 Å². The van der Waals surface area contributed by atoms with Gasteiger partial charge in [0.1, 0.15) is 12.3 Å². The van der Waals surface area contributed by atoms with E-state index in [1.807, 2.05) is 41.3 Å². The summed E-state index contributed by atoms with van der Waals surface area (Å²) >= 11 is 7.86. The minimum absolute atomic E-state index is 0.0399. The molecular weight excluding hydrogens is 456 g/mol. The van der Waals surface area contributed by atoms with Crippen LogP contribution in [-0.4, -0.2) is 47.9 Å². The molecule has 1 saturated carbocycles. The molecule has 2 heterocycles. The molecule has 0 N–H and O–H groups in total. The average molecular weight is 481 g/mol. The Morgan fingerprint density at radius 2 is 1.88 bits per heavy atom. The summed E-state index contributed by atoms with van der Waals surface area (Å²) < 4.78 is 5.40. The maximum absolute atomic E-state index is 13.7. The van der Waals surface area contributed by atoms with Crippen LogP contribution >= 0.6 is 22.9 Å². The maximum Gasteiger partial charge on any atom is 0.258 e. The maximum atomic E-state index is 13.7. The lowest BCUT2D eigenvalue weighted by Crippen LogP contribution is -2.47. The van der Waals surface area contributed by atoms with Gasteiger partial charge in [-0.25, -0.2) is 0 Å². The molecule has 2 aromatic carbocycles. The van der Waals surface area contributed by atoms with E-state index >= 15 is 0 Å². The number of thiophene rings is 1. The molecule has 0 saturated heterocycles. The number of hydrogen-bond donors (Lipinski definition) is 0. The van der Waals surface area contributed by atoms with Gasteiger partial charge >= 0.3 is 0 Å². The monoisotopic (exact) mass is 480 g/mol. The van der Waals surface area contributed by atoms with Crippen LogP contribution in [0.15, 0.2) is 60.0 Å². The minimum Gasteiger partial charge on any atom is -0.496 e. The Kier molecular flexibility index (Phi) is 6.13. The molecule has 2 aliphatic rings. The van der Waals surface area contributed by atoms with Gasteiger partial charge in [-0.1, -0.05) is 35.9 Å². The molecular formula is C26H25ClN2O3S. The Hall–Kier alpha value is -2.83. The molecule has 3 aromatic rings. The fourth-order valence-corrected chi connectivity index (χ4v) is 5.58. The van der Waals surface area contributed by atoms with Crippen LogP contribution < -0.4 is 4.74 Å². The van der Waals surface area contributed by atoms with Crippen molar-refractivity contribution in [2.45, 2.75) is 31.3 Å². The third-order valence-electron chi connectivity index (χ3n) is 6.36. The summed E-state index contributed by atoms with van der Waals surface area (Å²) in [4.78, 5) is 32.1. The first-order valence-electron chi connectivity index (χ1n) is 11.1. The Morgan fingerprint density at radius 1 is 1.12 bits per heavy atom. The highest BCUT2D eigenvalue weighted by atomic mass is 35.5. The summed E-state index contributed by atoms with van der Waals surface area (Å²) in [7, 11) is 1.56. The first-order chi connectivity index (χ1) is 16.1. The number of para-hydroxylation sites is 1. The van der Waals surface area contributed by atoms with E-state index < -0.39 is 0 Å². The van der Waals surface area contributed by atoms with Crippen molar-refractivity contribution in [2.75, 3.05) is 20.2 Å². The van der Waals surface area contributed by atoms with Gasteiger partial charge in [-0.15, -0.1) is 11.3 Å². The number of hydrogen-bond acceptors (Lipinski definition) is 4. The summed E-state index contributed by atoms with van der Waals surface area (Å²) in [5, 5.41) is 2.75. The molecule has 1 fully saturated rings. The Morgan fingerprint density at radius 3 is 2.61 bits per heavy atom. The number of carbonyl (C=O) groups excluding carboxylic acids is 2. The van der Waals surface area contributed by atoms with E-state index in [0.29, 0.717) is 22.9 Å². The summed E-state index contributed by atoms with van der Waals surface area (Å²) in [5.74, 6) is 0.335. The van der Waals surface area contributed by atoms with E-state index in [0.717, 1.165) is 30.4 Å². The van der Waals surface area contributed by atoms with Gasteiger partial charge in [-0.2, -0.15) is 0 Å².